The van der Waals surface area contributed by atoms with Crippen LogP contribution in [-0.2, 0) is 0 Å². The monoisotopic (exact) mass is 292 g/mol. The molecule has 0 unspecified atom stereocenters. The topological polar surface area (TPSA) is 33.7 Å². The standard InChI is InChI=1S/C15H20N2O2S/c1-10-9-15(2,3)16-14(20)17(10)11-6-7-12(18-4)13(8-11)19-5/h6-9H,1-5H3,(H,16,20). The van der Waals surface area contributed by atoms with E-state index in [1.54, 1.807) is 14.2 Å². The lowest BCUT2D eigenvalue weighted by Crippen LogP contribution is -2.53. The largest absolute Gasteiger partial charge is 0.493 e. The minimum Gasteiger partial charge on any atom is -0.493 e. The van der Waals surface area contributed by atoms with Crippen molar-refractivity contribution in [1.82, 2.24) is 5.32 Å². The number of nitrogens with one attached hydrogen (secondary N) is 1. The van der Waals surface area contributed by atoms with Gasteiger partial charge in [-0.05, 0) is 51.2 Å². The van der Waals surface area contributed by atoms with E-state index in [1.807, 2.05) is 30.0 Å². The third kappa shape index (κ3) is 2.72. The van der Waals surface area contributed by atoms with Crippen LogP contribution in [-0.4, -0.2) is 24.9 Å². The van der Waals surface area contributed by atoms with Gasteiger partial charge in [-0.2, -0.15) is 0 Å². The molecule has 0 saturated carbocycles. The predicted molar refractivity (Wildman–Crippen MR) is 85.6 cm³/mol. The Kier molecular flexibility index (Phi) is 3.90. The van der Waals surface area contributed by atoms with E-state index in [0.717, 1.165) is 11.4 Å². The molecular formula is C15H20N2O2S. The summed E-state index contributed by atoms with van der Waals surface area (Å²) >= 11 is 5.48. The second kappa shape index (κ2) is 5.32. The molecule has 1 heterocycles. The lowest BCUT2D eigenvalue weighted by molar-refractivity contribution is 0.355. The van der Waals surface area contributed by atoms with Gasteiger partial charge in [-0.1, -0.05) is 0 Å². The number of rotatable bonds is 3. The number of hydrogen-bond donors (Lipinski definition) is 1. The Hall–Kier alpha value is -1.75. The fraction of sp³-hybridized carbons (Fsp3) is 0.400. The van der Waals surface area contributed by atoms with E-state index < -0.39 is 0 Å². The highest BCUT2D eigenvalue weighted by Crippen LogP contribution is 2.34. The van der Waals surface area contributed by atoms with Crippen molar-refractivity contribution in [2.24, 2.45) is 0 Å². The Morgan fingerprint density at radius 2 is 1.80 bits per heavy atom. The Morgan fingerprint density at radius 3 is 2.35 bits per heavy atom. The fourth-order valence-corrected chi connectivity index (χ4v) is 2.91. The van der Waals surface area contributed by atoms with Crippen molar-refractivity contribution in [3.8, 4) is 11.5 Å². The molecule has 0 fully saturated rings. The molecule has 20 heavy (non-hydrogen) atoms. The van der Waals surface area contributed by atoms with Crippen LogP contribution in [0.4, 0.5) is 5.69 Å². The second-order valence-corrected chi connectivity index (χ2v) is 5.70. The van der Waals surface area contributed by atoms with Gasteiger partial charge < -0.3 is 14.8 Å². The molecule has 0 saturated heterocycles. The van der Waals surface area contributed by atoms with Crippen LogP contribution in [0.5, 0.6) is 11.5 Å². The second-order valence-electron chi connectivity index (χ2n) is 5.31. The summed E-state index contributed by atoms with van der Waals surface area (Å²) in [5, 5.41) is 3.99. The number of hydrogen-bond acceptors (Lipinski definition) is 3. The van der Waals surface area contributed by atoms with E-state index >= 15 is 0 Å². The fourth-order valence-electron chi connectivity index (χ4n) is 2.40. The molecule has 0 spiro atoms. The summed E-state index contributed by atoms with van der Waals surface area (Å²) in [6.07, 6.45) is 2.15. The van der Waals surface area contributed by atoms with Crippen molar-refractivity contribution in [3.63, 3.8) is 0 Å². The summed E-state index contributed by atoms with van der Waals surface area (Å²) in [7, 11) is 3.25. The Labute approximate surface area is 125 Å². The minimum atomic E-state index is -0.131. The van der Waals surface area contributed by atoms with E-state index in [2.05, 4.69) is 25.2 Å². The van der Waals surface area contributed by atoms with Gasteiger partial charge in [0.15, 0.2) is 16.6 Å². The Bertz CT molecular complexity index is 567. The van der Waals surface area contributed by atoms with Crippen LogP contribution in [0.1, 0.15) is 20.8 Å². The van der Waals surface area contributed by atoms with Gasteiger partial charge in [0.25, 0.3) is 0 Å². The molecule has 5 heteroatoms. The van der Waals surface area contributed by atoms with Crippen molar-refractivity contribution in [2.45, 2.75) is 26.3 Å². The van der Waals surface area contributed by atoms with Crippen LogP contribution >= 0.6 is 12.2 Å². The highest BCUT2D eigenvalue weighted by Gasteiger charge is 2.27. The molecular weight excluding hydrogens is 272 g/mol. The van der Waals surface area contributed by atoms with Crippen molar-refractivity contribution in [1.29, 1.82) is 0 Å². The summed E-state index contributed by atoms with van der Waals surface area (Å²) in [5.74, 6) is 1.39. The summed E-state index contributed by atoms with van der Waals surface area (Å²) in [6.45, 7) is 6.23. The van der Waals surface area contributed by atoms with Crippen molar-refractivity contribution in [3.05, 3.63) is 30.0 Å². The average Bonchev–Trinajstić information content (AvgIpc) is 2.36. The van der Waals surface area contributed by atoms with Crippen LogP contribution in [0.15, 0.2) is 30.0 Å². The molecule has 1 aromatic rings. The van der Waals surface area contributed by atoms with Gasteiger partial charge >= 0.3 is 0 Å². The first kappa shape index (κ1) is 14.7. The molecule has 0 atom stereocenters. The summed E-state index contributed by atoms with van der Waals surface area (Å²) in [6, 6.07) is 5.76. The van der Waals surface area contributed by atoms with Gasteiger partial charge in [-0.3, -0.25) is 4.90 Å². The van der Waals surface area contributed by atoms with Crippen LogP contribution in [0, 0.1) is 0 Å². The maximum Gasteiger partial charge on any atom is 0.178 e. The first-order valence-electron chi connectivity index (χ1n) is 6.42. The number of thiocarbonyl (C=S) groups is 1. The zero-order chi connectivity index (χ0) is 14.9. The molecule has 0 aliphatic carbocycles. The van der Waals surface area contributed by atoms with Crippen molar-refractivity contribution >= 4 is 23.0 Å². The molecule has 1 aromatic carbocycles. The number of anilines is 1. The van der Waals surface area contributed by atoms with Gasteiger partial charge in [0.2, 0.25) is 0 Å². The van der Waals surface area contributed by atoms with E-state index in [9.17, 15) is 0 Å². The van der Waals surface area contributed by atoms with Gasteiger partial charge in [-0.25, -0.2) is 0 Å². The molecule has 0 aromatic heterocycles. The summed E-state index contributed by atoms with van der Waals surface area (Å²) in [5.41, 5.74) is 1.91. The smallest absolute Gasteiger partial charge is 0.178 e. The number of benzene rings is 1. The van der Waals surface area contributed by atoms with E-state index in [-0.39, 0.29) is 5.54 Å². The SMILES string of the molecule is COc1ccc(N2C(=S)NC(C)(C)C=C2C)cc1OC. The maximum absolute atomic E-state index is 5.48. The van der Waals surface area contributed by atoms with Gasteiger partial charge in [-0.15, -0.1) is 0 Å². The zero-order valence-corrected chi connectivity index (χ0v) is 13.3. The predicted octanol–water partition coefficient (Wildman–Crippen LogP) is 3.08. The summed E-state index contributed by atoms with van der Waals surface area (Å²) < 4.78 is 10.6. The normalized spacial score (nSPS) is 17.4. The van der Waals surface area contributed by atoms with E-state index in [4.69, 9.17) is 21.7 Å². The minimum absolute atomic E-state index is 0.131. The Morgan fingerprint density at radius 1 is 1.15 bits per heavy atom. The molecule has 4 nitrogen and oxygen atoms in total. The van der Waals surface area contributed by atoms with Crippen molar-refractivity contribution < 1.29 is 9.47 Å². The maximum atomic E-state index is 5.48. The van der Waals surface area contributed by atoms with Crippen LogP contribution < -0.4 is 19.7 Å². The third-order valence-corrected chi connectivity index (χ3v) is 3.46. The van der Waals surface area contributed by atoms with E-state index in [0.29, 0.717) is 16.6 Å². The lowest BCUT2D eigenvalue weighted by atomic mass is 10.0. The first-order chi connectivity index (χ1) is 9.38. The number of nitrogens with zero attached hydrogens (tertiary/aromatic N) is 1. The molecule has 108 valence electrons. The molecule has 0 bridgehead atoms. The highest BCUT2D eigenvalue weighted by molar-refractivity contribution is 7.80. The number of allylic oxidation sites excluding steroid dienone is 1. The van der Waals surface area contributed by atoms with Crippen LogP contribution in [0.25, 0.3) is 0 Å². The average molecular weight is 292 g/mol. The molecule has 0 radical (unpaired) electrons. The number of methoxy groups -OCH3 is 2. The highest BCUT2D eigenvalue weighted by atomic mass is 32.1. The third-order valence-electron chi connectivity index (χ3n) is 3.18. The quantitative estimate of drug-likeness (QED) is 0.866. The van der Waals surface area contributed by atoms with Crippen LogP contribution in [0.2, 0.25) is 0 Å². The van der Waals surface area contributed by atoms with Gasteiger partial charge in [0, 0.05) is 11.8 Å². The van der Waals surface area contributed by atoms with Gasteiger partial charge in [0.1, 0.15) is 0 Å². The zero-order valence-electron chi connectivity index (χ0n) is 12.5. The Balaban J connectivity index is 2.44. The molecule has 0 amide bonds. The molecule has 2 rings (SSSR count). The molecule has 1 aliphatic rings. The first-order valence-corrected chi connectivity index (χ1v) is 6.82. The number of ether oxygens (including phenoxy) is 2. The van der Waals surface area contributed by atoms with Gasteiger partial charge in [0.05, 0.1) is 25.4 Å². The molecule has 1 aliphatic heterocycles. The van der Waals surface area contributed by atoms with Crippen molar-refractivity contribution in [2.75, 3.05) is 19.1 Å². The lowest BCUT2D eigenvalue weighted by Gasteiger charge is -2.38. The van der Waals surface area contributed by atoms with Crippen LogP contribution in [0.3, 0.4) is 0 Å². The summed E-state index contributed by atoms with van der Waals surface area (Å²) in [4.78, 5) is 1.99. The molecule has 1 N–H and O–H groups in total. The van der Waals surface area contributed by atoms with E-state index in [1.165, 1.54) is 0 Å².